The highest BCUT2D eigenvalue weighted by molar-refractivity contribution is 5.87. The second-order valence-corrected chi connectivity index (χ2v) is 8.62. The number of hydrogen-bond acceptors (Lipinski definition) is 6. The van der Waals surface area contributed by atoms with Gasteiger partial charge in [0, 0.05) is 29.7 Å². The van der Waals surface area contributed by atoms with Gasteiger partial charge in [-0.25, -0.2) is 9.18 Å². The van der Waals surface area contributed by atoms with Crippen molar-refractivity contribution >= 4 is 16.9 Å². The Balaban J connectivity index is 1.30. The van der Waals surface area contributed by atoms with E-state index >= 15 is 0 Å². The molecule has 0 spiro atoms. The van der Waals surface area contributed by atoms with Gasteiger partial charge in [-0.3, -0.25) is 15.0 Å². The van der Waals surface area contributed by atoms with E-state index in [1.165, 1.54) is 12.1 Å². The number of piperidine rings is 1. The molecule has 2 aromatic heterocycles. The Hall–Kier alpha value is -3.00. The number of carbonyl (C=O) groups is 1. The number of ether oxygens (including phenoxy) is 2. The fourth-order valence-electron chi connectivity index (χ4n) is 5.29. The van der Waals surface area contributed by atoms with E-state index in [1.54, 1.807) is 25.3 Å². The molecule has 0 aliphatic carbocycles. The zero-order valence-corrected chi connectivity index (χ0v) is 18.3. The standard InChI is InChI=1S/C24H27FN4O3/c1-3-31-24(30)22-13-21(27-28-22)14(2)29-16-5-6-17(29)12-18(11-16)32-23-8-9-26-20-7-4-15(25)10-19(20)23/h4,7-10,13-14,16-18H,3,5-6,11-12H2,1-2H3,(H,27,28). The summed E-state index contributed by atoms with van der Waals surface area (Å²) in [7, 11) is 0. The minimum absolute atomic E-state index is 0.0710. The fourth-order valence-corrected chi connectivity index (χ4v) is 5.29. The molecule has 3 unspecified atom stereocenters. The number of fused-ring (bicyclic) bond motifs is 3. The van der Waals surface area contributed by atoms with Crippen LogP contribution < -0.4 is 4.74 Å². The van der Waals surface area contributed by atoms with E-state index in [9.17, 15) is 9.18 Å². The number of H-pyrrole nitrogens is 1. The maximum absolute atomic E-state index is 13.8. The van der Waals surface area contributed by atoms with Crippen LogP contribution in [0.4, 0.5) is 4.39 Å². The van der Waals surface area contributed by atoms with E-state index in [1.807, 2.05) is 6.07 Å². The molecule has 2 bridgehead atoms. The number of aromatic amines is 1. The van der Waals surface area contributed by atoms with Gasteiger partial charge in [-0.05, 0) is 69.9 Å². The SMILES string of the molecule is CCOC(=O)c1cc(C(C)N2C3CCC2CC(Oc2ccnc4ccc(F)cc24)C3)[nH]n1. The van der Waals surface area contributed by atoms with Crippen molar-refractivity contribution < 1.29 is 18.7 Å². The average Bonchev–Trinajstić information content (AvgIpc) is 3.37. The average molecular weight is 439 g/mol. The van der Waals surface area contributed by atoms with E-state index in [0.29, 0.717) is 35.5 Å². The second-order valence-electron chi connectivity index (χ2n) is 8.62. The Labute approximate surface area is 185 Å². The molecule has 0 radical (unpaired) electrons. The highest BCUT2D eigenvalue weighted by Gasteiger charge is 2.44. The Kier molecular flexibility index (Phi) is 5.55. The molecule has 32 heavy (non-hydrogen) atoms. The third-order valence-electron chi connectivity index (χ3n) is 6.68. The molecule has 3 aromatic rings. The Bertz CT molecular complexity index is 1120. The number of carbonyl (C=O) groups excluding carboxylic acids is 1. The zero-order valence-electron chi connectivity index (χ0n) is 18.3. The number of halogens is 1. The minimum atomic E-state index is -0.404. The number of hydrogen-bond donors (Lipinski definition) is 1. The van der Waals surface area contributed by atoms with Gasteiger partial charge in [0.2, 0.25) is 0 Å². The summed E-state index contributed by atoms with van der Waals surface area (Å²) >= 11 is 0. The van der Waals surface area contributed by atoms with Crippen molar-refractivity contribution in [3.8, 4) is 5.75 Å². The smallest absolute Gasteiger partial charge is 0.358 e. The molecule has 1 aromatic carbocycles. The zero-order chi connectivity index (χ0) is 22.2. The molecule has 2 fully saturated rings. The summed E-state index contributed by atoms with van der Waals surface area (Å²) in [5.41, 5.74) is 1.96. The maximum Gasteiger partial charge on any atom is 0.358 e. The largest absolute Gasteiger partial charge is 0.490 e. The summed E-state index contributed by atoms with van der Waals surface area (Å²) in [6, 6.07) is 9.08. The van der Waals surface area contributed by atoms with E-state index in [2.05, 4.69) is 27.0 Å². The minimum Gasteiger partial charge on any atom is -0.490 e. The van der Waals surface area contributed by atoms with Gasteiger partial charge in [0.15, 0.2) is 5.69 Å². The fraction of sp³-hybridized carbons (Fsp3) is 0.458. The molecule has 4 heterocycles. The van der Waals surface area contributed by atoms with Gasteiger partial charge in [0.05, 0.1) is 17.8 Å². The quantitative estimate of drug-likeness (QED) is 0.575. The van der Waals surface area contributed by atoms with Crippen LogP contribution in [-0.4, -0.2) is 50.8 Å². The molecule has 2 aliphatic heterocycles. The summed E-state index contributed by atoms with van der Waals surface area (Å²) in [5, 5.41) is 7.87. The first-order chi connectivity index (χ1) is 15.5. The Morgan fingerprint density at radius 3 is 2.78 bits per heavy atom. The van der Waals surface area contributed by atoms with Crippen molar-refractivity contribution in [3.63, 3.8) is 0 Å². The van der Waals surface area contributed by atoms with Crippen molar-refractivity contribution in [2.75, 3.05) is 6.61 Å². The van der Waals surface area contributed by atoms with Crippen molar-refractivity contribution in [3.05, 3.63) is 53.7 Å². The topological polar surface area (TPSA) is 80.3 Å². The van der Waals surface area contributed by atoms with Crippen molar-refractivity contribution in [1.82, 2.24) is 20.1 Å². The maximum atomic E-state index is 13.8. The van der Waals surface area contributed by atoms with E-state index in [4.69, 9.17) is 9.47 Å². The normalized spacial score (nSPS) is 23.9. The molecule has 7 nitrogen and oxygen atoms in total. The summed E-state index contributed by atoms with van der Waals surface area (Å²) < 4.78 is 25.2. The second kappa shape index (κ2) is 8.50. The van der Waals surface area contributed by atoms with Crippen molar-refractivity contribution in [2.45, 2.75) is 63.8 Å². The molecular weight excluding hydrogens is 411 g/mol. The molecule has 3 atom stereocenters. The van der Waals surface area contributed by atoms with Crippen LogP contribution in [-0.2, 0) is 4.74 Å². The van der Waals surface area contributed by atoms with Crippen molar-refractivity contribution in [1.29, 1.82) is 0 Å². The highest BCUT2D eigenvalue weighted by Crippen LogP contribution is 2.42. The van der Waals surface area contributed by atoms with Gasteiger partial charge in [-0.2, -0.15) is 5.10 Å². The summed E-state index contributed by atoms with van der Waals surface area (Å²) in [4.78, 5) is 18.8. The lowest BCUT2D eigenvalue weighted by Crippen LogP contribution is -2.47. The predicted molar refractivity (Wildman–Crippen MR) is 117 cm³/mol. The van der Waals surface area contributed by atoms with Gasteiger partial charge in [0.25, 0.3) is 0 Å². The molecule has 2 saturated heterocycles. The lowest BCUT2D eigenvalue weighted by atomic mass is 9.96. The van der Waals surface area contributed by atoms with E-state index < -0.39 is 5.97 Å². The van der Waals surface area contributed by atoms with Gasteiger partial charge in [0.1, 0.15) is 17.7 Å². The van der Waals surface area contributed by atoms with Crippen LogP contribution in [0, 0.1) is 5.82 Å². The summed E-state index contributed by atoms with van der Waals surface area (Å²) in [5.74, 6) is -0.00727. The van der Waals surface area contributed by atoms with Gasteiger partial charge in [-0.1, -0.05) is 0 Å². The summed E-state index contributed by atoms with van der Waals surface area (Å²) in [6.45, 7) is 4.25. The van der Waals surface area contributed by atoms with Crippen LogP contribution in [0.5, 0.6) is 5.75 Å². The number of nitrogens with one attached hydrogen (secondary N) is 1. The molecule has 5 rings (SSSR count). The first-order valence-electron chi connectivity index (χ1n) is 11.2. The Morgan fingerprint density at radius 1 is 1.25 bits per heavy atom. The van der Waals surface area contributed by atoms with Crippen LogP contribution in [0.25, 0.3) is 10.9 Å². The molecule has 0 saturated carbocycles. The number of rotatable bonds is 6. The lowest BCUT2D eigenvalue weighted by molar-refractivity contribution is 0.0250. The molecule has 1 N–H and O–H groups in total. The van der Waals surface area contributed by atoms with Crippen LogP contribution in [0.1, 0.15) is 61.8 Å². The highest BCUT2D eigenvalue weighted by atomic mass is 19.1. The van der Waals surface area contributed by atoms with Crippen LogP contribution >= 0.6 is 0 Å². The van der Waals surface area contributed by atoms with Crippen LogP contribution in [0.15, 0.2) is 36.5 Å². The molecule has 2 aliphatic rings. The number of pyridine rings is 1. The van der Waals surface area contributed by atoms with Gasteiger partial charge in [-0.15, -0.1) is 0 Å². The summed E-state index contributed by atoms with van der Waals surface area (Å²) in [6.07, 6.45) is 5.80. The van der Waals surface area contributed by atoms with Gasteiger partial charge >= 0.3 is 5.97 Å². The number of nitrogens with zero attached hydrogens (tertiary/aromatic N) is 3. The third-order valence-corrected chi connectivity index (χ3v) is 6.68. The third kappa shape index (κ3) is 3.83. The van der Waals surface area contributed by atoms with E-state index in [-0.39, 0.29) is 18.0 Å². The van der Waals surface area contributed by atoms with Gasteiger partial charge < -0.3 is 9.47 Å². The van der Waals surface area contributed by atoms with Crippen LogP contribution in [0.3, 0.4) is 0 Å². The first kappa shape index (κ1) is 20.9. The first-order valence-corrected chi connectivity index (χ1v) is 11.2. The molecule has 168 valence electrons. The molecule has 8 heteroatoms. The number of benzene rings is 1. The Morgan fingerprint density at radius 2 is 2.03 bits per heavy atom. The predicted octanol–water partition coefficient (Wildman–Crippen LogP) is 4.41. The van der Waals surface area contributed by atoms with Crippen molar-refractivity contribution in [2.24, 2.45) is 0 Å². The molecular formula is C24H27FN4O3. The van der Waals surface area contributed by atoms with E-state index in [0.717, 1.165) is 36.9 Å². The molecule has 0 amide bonds. The number of aromatic nitrogens is 3. The number of esters is 1. The lowest BCUT2D eigenvalue weighted by Gasteiger charge is -2.42. The monoisotopic (exact) mass is 438 g/mol. The van der Waals surface area contributed by atoms with Crippen LogP contribution in [0.2, 0.25) is 0 Å².